The van der Waals surface area contributed by atoms with E-state index in [0.717, 1.165) is 12.1 Å². The van der Waals surface area contributed by atoms with Gasteiger partial charge < -0.3 is 9.42 Å². The molecular formula is C15H14F3N3O2. The summed E-state index contributed by atoms with van der Waals surface area (Å²) in [5, 5.41) is 3.75. The Balaban J connectivity index is 1.75. The number of alkyl halides is 3. The van der Waals surface area contributed by atoms with E-state index < -0.39 is 11.7 Å². The van der Waals surface area contributed by atoms with Crippen molar-refractivity contribution in [3.63, 3.8) is 0 Å². The maximum absolute atomic E-state index is 12.7. The van der Waals surface area contributed by atoms with Gasteiger partial charge in [0.25, 0.3) is 0 Å². The summed E-state index contributed by atoms with van der Waals surface area (Å²) in [5.41, 5.74) is -0.514. The van der Waals surface area contributed by atoms with E-state index in [1.165, 1.54) is 12.1 Å². The summed E-state index contributed by atoms with van der Waals surface area (Å²) in [4.78, 5) is 17.3. The van der Waals surface area contributed by atoms with Crippen molar-refractivity contribution >= 4 is 5.91 Å². The number of benzene rings is 1. The van der Waals surface area contributed by atoms with Crippen LogP contribution in [-0.2, 0) is 11.0 Å². The first-order valence-corrected chi connectivity index (χ1v) is 7.17. The highest BCUT2D eigenvalue weighted by Crippen LogP contribution is 2.32. The second-order valence-electron chi connectivity index (χ2n) is 5.38. The molecule has 23 heavy (non-hydrogen) atoms. The Morgan fingerprint density at radius 2 is 2.13 bits per heavy atom. The fraction of sp³-hybridized carbons (Fsp3) is 0.400. The van der Waals surface area contributed by atoms with Gasteiger partial charge in [0.1, 0.15) is 0 Å². The molecule has 0 spiro atoms. The summed E-state index contributed by atoms with van der Waals surface area (Å²) in [5.74, 6) is 0.459. The van der Waals surface area contributed by atoms with Crippen molar-refractivity contribution in [3.05, 3.63) is 35.7 Å². The van der Waals surface area contributed by atoms with Crippen LogP contribution in [0, 0.1) is 0 Å². The standard InChI is InChI=1S/C15H14F3N3O2/c1-2-12(22)21-7-10(8-21)14-19-13(20-23-14)9-4-3-5-11(6-9)15(16,17)18/h3-6,10H,2,7-8H2,1H3. The molecule has 0 radical (unpaired) electrons. The number of nitrogens with zero attached hydrogens (tertiary/aromatic N) is 3. The summed E-state index contributed by atoms with van der Waals surface area (Å²) in [6.07, 6.45) is -3.98. The second kappa shape index (κ2) is 5.68. The van der Waals surface area contributed by atoms with Crippen molar-refractivity contribution < 1.29 is 22.5 Å². The van der Waals surface area contributed by atoms with Crippen molar-refractivity contribution in [1.29, 1.82) is 0 Å². The van der Waals surface area contributed by atoms with Crippen molar-refractivity contribution in [2.45, 2.75) is 25.4 Å². The van der Waals surface area contributed by atoms with Crippen LogP contribution < -0.4 is 0 Å². The minimum Gasteiger partial charge on any atom is -0.341 e. The van der Waals surface area contributed by atoms with Crippen LogP contribution in [0.15, 0.2) is 28.8 Å². The fourth-order valence-electron chi connectivity index (χ4n) is 2.41. The van der Waals surface area contributed by atoms with Gasteiger partial charge in [-0.15, -0.1) is 0 Å². The number of rotatable bonds is 3. The molecule has 122 valence electrons. The topological polar surface area (TPSA) is 59.2 Å². The lowest BCUT2D eigenvalue weighted by Gasteiger charge is -2.36. The Morgan fingerprint density at radius 3 is 2.78 bits per heavy atom. The number of carbonyl (C=O) groups is 1. The summed E-state index contributed by atoms with van der Waals surface area (Å²) < 4.78 is 43.3. The molecule has 1 aliphatic heterocycles. The quantitative estimate of drug-likeness (QED) is 0.870. The van der Waals surface area contributed by atoms with Crippen LogP contribution in [-0.4, -0.2) is 34.0 Å². The van der Waals surface area contributed by atoms with Gasteiger partial charge in [0.15, 0.2) is 0 Å². The van der Waals surface area contributed by atoms with Crippen molar-refractivity contribution in [3.8, 4) is 11.4 Å². The summed E-state index contributed by atoms with van der Waals surface area (Å²) >= 11 is 0. The molecule has 0 saturated carbocycles. The molecule has 1 fully saturated rings. The van der Waals surface area contributed by atoms with Crippen LogP contribution in [0.3, 0.4) is 0 Å². The highest BCUT2D eigenvalue weighted by molar-refractivity contribution is 5.76. The first kappa shape index (κ1) is 15.5. The van der Waals surface area contributed by atoms with Crippen LogP contribution in [0.4, 0.5) is 13.2 Å². The fourth-order valence-corrected chi connectivity index (χ4v) is 2.41. The molecule has 1 aromatic heterocycles. The molecular weight excluding hydrogens is 311 g/mol. The number of likely N-dealkylation sites (tertiary alicyclic amines) is 1. The highest BCUT2D eigenvalue weighted by Gasteiger charge is 2.35. The van der Waals surface area contributed by atoms with Gasteiger partial charge in [0, 0.05) is 25.1 Å². The molecule has 2 heterocycles. The zero-order valence-electron chi connectivity index (χ0n) is 12.3. The normalized spacial score (nSPS) is 15.6. The number of amides is 1. The van der Waals surface area contributed by atoms with E-state index in [1.54, 1.807) is 11.8 Å². The average molecular weight is 325 g/mol. The van der Waals surface area contributed by atoms with Gasteiger partial charge in [-0.1, -0.05) is 24.2 Å². The largest absolute Gasteiger partial charge is 0.416 e. The van der Waals surface area contributed by atoms with Gasteiger partial charge in [-0.3, -0.25) is 4.79 Å². The minimum absolute atomic E-state index is 0.0545. The predicted octanol–water partition coefficient (Wildman–Crippen LogP) is 3.09. The Bertz CT molecular complexity index is 721. The summed E-state index contributed by atoms with van der Waals surface area (Å²) in [6.45, 7) is 2.78. The molecule has 0 unspecified atom stereocenters. The molecule has 0 atom stereocenters. The number of hydrogen-bond donors (Lipinski definition) is 0. The zero-order valence-corrected chi connectivity index (χ0v) is 12.3. The van der Waals surface area contributed by atoms with E-state index in [0.29, 0.717) is 25.4 Å². The molecule has 0 aliphatic carbocycles. The van der Waals surface area contributed by atoms with Gasteiger partial charge in [-0.2, -0.15) is 18.2 Å². The molecule has 0 bridgehead atoms. The maximum atomic E-state index is 12.7. The van der Waals surface area contributed by atoms with E-state index in [4.69, 9.17) is 4.52 Å². The maximum Gasteiger partial charge on any atom is 0.416 e. The van der Waals surface area contributed by atoms with Crippen molar-refractivity contribution in [2.75, 3.05) is 13.1 Å². The third kappa shape index (κ3) is 3.06. The molecule has 3 rings (SSSR count). The number of carbonyl (C=O) groups excluding carboxylic acids is 1. The molecule has 2 aromatic rings. The van der Waals surface area contributed by atoms with Gasteiger partial charge >= 0.3 is 6.18 Å². The van der Waals surface area contributed by atoms with Gasteiger partial charge in [0.05, 0.1) is 11.5 Å². The Labute approximate surface area is 130 Å². The van der Waals surface area contributed by atoms with Crippen molar-refractivity contribution in [2.24, 2.45) is 0 Å². The van der Waals surface area contributed by atoms with E-state index in [2.05, 4.69) is 10.1 Å². The van der Waals surface area contributed by atoms with E-state index in [-0.39, 0.29) is 23.2 Å². The number of aromatic nitrogens is 2. The molecule has 8 heteroatoms. The number of hydrogen-bond acceptors (Lipinski definition) is 4. The highest BCUT2D eigenvalue weighted by atomic mass is 19.4. The smallest absolute Gasteiger partial charge is 0.341 e. The zero-order chi connectivity index (χ0) is 16.6. The molecule has 1 aromatic carbocycles. The SMILES string of the molecule is CCC(=O)N1CC(c2nc(-c3cccc(C(F)(F)F)c3)no2)C1. The third-order valence-electron chi connectivity index (χ3n) is 3.78. The third-order valence-corrected chi connectivity index (χ3v) is 3.78. The Morgan fingerprint density at radius 1 is 1.39 bits per heavy atom. The second-order valence-corrected chi connectivity index (χ2v) is 5.38. The molecule has 5 nitrogen and oxygen atoms in total. The Hall–Kier alpha value is -2.38. The summed E-state index contributed by atoms with van der Waals surface area (Å²) in [6, 6.07) is 4.78. The lowest BCUT2D eigenvalue weighted by Crippen LogP contribution is -2.48. The first-order chi connectivity index (χ1) is 10.9. The van der Waals surface area contributed by atoms with Gasteiger partial charge in [0.2, 0.25) is 17.6 Å². The van der Waals surface area contributed by atoms with E-state index in [9.17, 15) is 18.0 Å². The van der Waals surface area contributed by atoms with Crippen LogP contribution in [0.2, 0.25) is 0 Å². The van der Waals surface area contributed by atoms with Gasteiger partial charge in [-0.05, 0) is 12.1 Å². The van der Waals surface area contributed by atoms with Crippen LogP contribution in [0.5, 0.6) is 0 Å². The molecule has 1 saturated heterocycles. The predicted molar refractivity (Wildman–Crippen MR) is 74.3 cm³/mol. The monoisotopic (exact) mass is 325 g/mol. The minimum atomic E-state index is -4.42. The first-order valence-electron chi connectivity index (χ1n) is 7.17. The van der Waals surface area contributed by atoms with E-state index >= 15 is 0 Å². The van der Waals surface area contributed by atoms with Crippen LogP contribution >= 0.6 is 0 Å². The molecule has 1 aliphatic rings. The van der Waals surface area contributed by atoms with Crippen LogP contribution in [0.1, 0.15) is 30.7 Å². The van der Waals surface area contributed by atoms with E-state index in [1.807, 2.05) is 0 Å². The van der Waals surface area contributed by atoms with Crippen molar-refractivity contribution in [1.82, 2.24) is 15.0 Å². The lowest BCUT2D eigenvalue weighted by molar-refractivity contribution is -0.137. The lowest BCUT2D eigenvalue weighted by atomic mass is 10.00. The van der Waals surface area contributed by atoms with Gasteiger partial charge in [-0.25, -0.2) is 0 Å². The summed E-state index contributed by atoms with van der Waals surface area (Å²) in [7, 11) is 0. The number of halogens is 3. The molecule has 0 N–H and O–H groups in total. The Kier molecular flexibility index (Phi) is 3.83. The average Bonchev–Trinajstić information content (AvgIpc) is 2.94. The van der Waals surface area contributed by atoms with Crippen LogP contribution in [0.25, 0.3) is 11.4 Å². The molecule has 1 amide bonds.